The summed E-state index contributed by atoms with van der Waals surface area (Å²) in [6.45, 7) is 3.56. The van der Waals surface area contributed by atoms with Crippen molar-refractivity contribution < 1.29 is 4.79 Å². The molecule has 0 bridgehead atoms. The van der Waals surface area contributed by atoms with E-state index in [1.54, 1.807) is 30.3 Å². The molecule has 88 valence electrons. The summed E-state index contributed by atoms with van der Waals surface area (Å²) in [7, 11) is 0. The molecule has 0 fully saturated rings. The van der Waals surface area contributed by atoms with E-state index in [2.05, 4.69) is 11.9 Å². The Labute approximate surface area is 109 Å². The molecule has 0 aliphatic heterocycles. The standard InChI is InChI=1S/C12H11ClN2OS/c1-2-6-17-11(8-14)15-12(16)9-4-3-5-10(13)7-9/h2-5,7,11H,1,6H2,(H,15,16). The lowest BCUT2D eigenvalue weighted by Crippen LogP contribution is -2.31. The Balaban J connectivity index is 2.65. The number of nitrogens with one attached hydrogen (secondary N) is 1. The first-order chi connectivity index (χ1) is 8.17. The fourth-order valence-electron chi connectivity index (χ4n) is 1.11. The van der Waals surface area contributed by atoms with Crippen molar-refractivity contribution in [3.8, 4) is 6.07 Å². The Hall–Kier alpha value is -1.44. The first-order valence-electron chi connectivity index (χ1n) is 4.86. The number of hydrogen-bond acceptors (Lipinski definition) is 3. The summed E-state index contributed by atoms with van der Waals surface area (Å²) in [5.74, 6) is 0.296. The van der Waals surface area contributed by atoms with Crippen molar-refractivity contribution in [3.63, 3.8) is 0 Å². The van der Waals surface area contributed by atoms with E-state index in [1.165, 1.54) is 11.8 Å². The first-order valence-corrected chi connectivity index (χ1v) is 6.28. The molecule has 0 aliphatic rings. The summed E-state index contributed by atoms with van der Waals surface area (Å²) in [6.07, 6.45) is 1.68. The van der Waals surface area contributed by atoms with Gasteiger partial charge in [0.1, 0.15) is 0 Å². The van der Waals surface area contributed by atoms with Gasteiger partial charge in [0.25, 0.3) is 5.91 Å². The van der Waals surface area contributed by atoms with Gasteiger partial charge < -0.3 is 5.32 Å². The van der Waals surface area contributed by atoms with E-state index < -0.39 is 5.37 Å². The molecular formula is C12H11ClN2OS. The van der Waals surface area contributed by atoms with Crippen LogP contribution in [0.25, 0.3) is 0 Å². The van der Waals surface area contributed by atoms with E-state index in [0.29, 0.717) is 16.3 Å². The second-order valence-electron chi connectivity index (χ2n) is 3.11. The third-order valence-electron chi connectivity index (χ3n) is 1.85. The number of benzene rings is 1. The number of halogens is 1. The fraction of sp³-hybridized carbons (Fsp3) is 0.167. The molecule has 0 saturated carbocycles. The maximum Gasteiger partial charge on any atom is 0.252 e. The van der Waals surface area contributed by atoms with E-state index in [0.717, 1.165) is 0 Å². The average molecular weight is 267 g/mol. The van der Waals surface area contributed by atoms with E-state index >= 15 is 0 Å². The number of rotatable bonds is 5. The molecule has 1 rings (SSSR count). The largest absolute Gasteiger partial charge is 0.328 e. The number of amides is 1. The van der Waals surface area contributed by atoms with Gasteiger partial charge in [-0.1, -0.05) is 23.7 Å². The highest BCUT2D eigenvalue weighted by Gasteiger charge is 2.12. The zero-order chi connectivity index (χ0) is 12.7. The molecule has 1 amide bonds. The molecule has 0 spiro atoms. The Morgan fingerprint density at radius 2 is 2.47 bits per heavy atom. The minimum absolute atomic E-state index is 0.310. The first kappa shape index (κ1) is 13.6. The lowest BCUT2D eigenvalue weighted by molar-refractivity contribution is 0.0955. The van der Waals surface area contributed by atoms with Gasteiger partial charge in [0.2, 0.25) is 0 Å². The highest BCUT2D eigenvalue weighted by molar-refractivity contribution is 8.00. The summed E-state index contributed by atoms with van der Waals surface area (Å²) < 4.78 is 0. The zero-order valence-corrected chi connectivity index (χ0v) is 10.6. The quantitative estimate of drug-likeness (QED) is 0.659. The Morgan fingerprint density at radius 1 is 1.71 bits per heavy atom. The van der Waals surface area contributed by atoms with Crippen LogP contribution in [0, 0.1) is 11.3 Å². The van der Waals surface area contributed by atoms with Gasteiger partial charge in [-0.05, 0) is 18.2 Å². The van der Waals surface area contributed by atoms with Crippen molar-refractivity contribution in [2.75, 3.05) is 5.75 Å². The van der Waals surface area contributed by atoms with Crippen molar-refractivity contribution in [1.82, 2.24) is 5.32 Å². The number of hydrogen-bond donors (Lipinski definition) is 1. The second-order valence-corrected chi connectivity index (χ2v) is 4.69. The van der Waals surface area contributed by atoms with Crippen molar-refractivity contribution in [1.29, 1.82) is 5.26 Å². The molecule has 1 unspecified atom stereocenters. The van der Waals surface area contributed by atoms with E-state index in [4.69, 9.17) is 16.9 Å². The smallest absolute Gasteiger partial charge is 0.252 e. The van der Waals surface area contributed by atoms with Gasteiger partial charge in [0.15, 0.2) is 5.37 Å². The van der Waals surface area contributed by atoms with Gasteiger partial charge in [-0.2, -0.15) is 5.26 Å². The molecule has 0 heterocycles. The van der Waals surface area contributed by atoms with Crippen molar-refractivity contribution >= 4 is 29.3 Å². The van der Waals surface area contributed by atoms with Crippen LogP contribution in [0.2, 0.25) is 5.02 Å². The van der Waals surface area contributed by atoms with Crippen LogP contribution < -0.4 is 5.32 Å². The number of nitriles is 1. The predicted molar refractivity (Wildman–Crippen MR) is 71.0 cm³/mol. The molecule has 0 radical (unpaired) electrons. The predicted octanol–water partition coefficient (Wildman–Crippen LogP) is 2.84. The van der Waals surface area contributed by atoms with E-state index in [9.17, 15) is 4.79 Å². The Kier molecular flexibility index (Phi) is 5.61. The highest BCUT2D eigenvalue weighted by Crippen LogP contribution is 2.12. The molecule has 1 aromatic rings. The summed E-state index contributed by atoms with van der Waals surface area (Å²) in [5.41, 5.74) is 0.442. The fourth-order valence-corrected chi connectivity index (χ4v) is 1.89. The SMILES string of the molecule is C=CCSC(C#N)NC(=O)c1cccc(Cl)c1. The number of carbonyl (C=O) groups is 1. The van der Waals surface area contributed by atoms with E-state index in [1.807, 2.05) is 6.07 Å². The maximum absolute atomic E-state index is 11.8. The summed E-state index contributed by atoms with van der Waals surface area (Å²) in [4.78, 5) is 11.8. The topological polar surface area (TPSA) is 52.9 Å². The van der Waals surface area contributed by atoms with Crippen LogP contribution in [0.4, 0.5) is 0 Å². The Bertz CT molecular complexity index is 456. The molecular weight excluding hydrogens is 256 g/mol. The second kappa shape index (κ2) is 7.00. The Morgan fingerprint density at radius 3 is 3.06 bits per heavy atom. The molecule has 0 saturated heterocycles. The lowest BCUT2D eigenvalue weighted by Gasteiger charge is -2.10. The minimum Gasteiger partial charge on any atom is -0.328 e. The van der Waals surface area contributed by atoms with Crippen molar-refractivity contribution in [3.05, 3.63) is 47.5 Å². The van der Waals surface area contributed by atoms with Crippen molar-refractivity contribution in [2.45, 2.75) is 5.37 Å². The molecule has 17 heavy (non-hydrogen) atoms. The van der Waals surface area contributed by atoms with Crippen LogP contribution in [-0.2, 0) is 0 Å². The summed E-state index contributed by atoms with van der Waals surface area (Å²) in [5, 5.41) is 11.4. The van der Waals surface area contributed by atoms with Crippen LogP contribution in [0.5, 0.6) is 0 Å². The normalized spacial score (nSPS) is 11.3. The van der Waals surface area contributed by atoms with Gasteiger partial charge in [-0.15, -0.1) is 18.3 Å². The van der Waals surface area contributed by atoms with Crippen LogP contribution >= 0.6 is 23.4 Å². The van der Waals surface area contributed by atoms with Gasteiger partial charge in [0, 0.05) is 16.3 Å². The maximum atomic E-state index is 11.8. The van der Waals surface area contributed by atoms with E-state index in [-0.39, 0.29) is 5.91 Å². The van der Waals surface area contributed by atoms with Crippen molar-refractivity contribution in [2.24, 2.45) is 0 Å². The molecule has 0 aromatic heterocycles. The molecule has 3 nitrogen and oxygen atoms in total. The molecule has 5 heteroatoms. The van der Waals surface area contributed by atoms with Gasteiger partial charge in [0.05, 0.1) is 6.07 Å². The molecule has 0 aliphatic carbocycles. The third-order valence-corrected chi connectivity index (χ3v) is 3.07. The van der Waals surface area contributed by atoms with Gasteiger partial charge >= 0.3 is 0 Å². The van der Waals surface area contributed by atoms with Gasteiger partial charge in [-0.25, -0.2) is 0 Å². The minimum atomic E-state index is -0.584. The van der Waals surface area contributed by atoms with Gasteiger partial charge in [-0.3, -0.25) is 4.79 Å². The number of carbonyl (C=O) groups excluding carboxylic acids is 1. The van der Waals surface area contributed by atoms with Crippen LogP contribution in [0.1, 0.15) is 10.4 Å². The molecule has 1 N–H and O–H groups in total. The number of thioether (sulfide) groups is 1. The monoisotopic (exact) mass is 266 g/mol. The van der Waals surface area contributed by atoms with Crippen LogP contribution in [-0.4, -0.2) is 17.0 Å². The number of nitrogens with zero attached hydrogens (tertiary/aromatic N) is 1. The lowest BCUT2D eigenvalue weighted by atomic mass is 10.2. The van der Waals surface area contributed by atoms with Crippen LogP contribution in [0.3, 0.4) is 0 Å². The third kappa shape index (κ3) is 4.51. The molecule has 1 atom stereocenters. The summed E-state index contributed by atoms with van der Waals surface area (Å²) in [6, 6.07) is 8.59. The zero-order valence-electron chi connectivity index (χ0n) is 9.02. The average Bonchev–Trinajstić information content (AvgIpc) is 2.34. The van der Waals surface area contributed by atoms with Crippen LogP contribution in [0.15, 0.2) is 36.9 Å². The highest BCUT2D eigenvalue weighted by atomic mass is 35.5. The summed E-state index contributed by atoms with van der Waals surface area (Å²) >= 11 is 7.08. The molecule has 1 aromatic carbocycles.